The number of hydrogen-bond acceptors (Lipinski definition) is 7. The number of carbonyl (C=O) groups excluding carboxylic acids is 1. The van der Waals surface area contributed by atoms with Crippen molar-refractivity contribution in [2.24, 2.45) is 5.92 Å². The summed E-state index contributed by atoms with van der Waals surface area (Å²) in [5, 5.41) is 3.27. The SMILES string of the molecule is COc1ccc(NC(=O)C2CCN(S(=O)(=O)Cc3cccc(Cl)c3)CC2)cc1S(=O)(=O)N1CCOCC1. The van der Waals surface area contributed by atoms with Gasteiger partial charge in [0.05, 0.1) is 26.1 Å². The van der Waals surface area contributed by atoms with Crippen molar-refractivity contribution >= 4 is 43.2 Å². The van der Waals surface area contributed by atoms with Gasteiger partial charge in [-0.3, -0.25) is 4.79 Å². The Morgan fingerprint density at radius 3 is 2.38 bits per heavy atom. The molecular formula is C24H30ClN3O7S2. The van der Waals surface area contributed by atoms with Crippen LogP contribution in [0.3, 0.4) is 0 Å². The van der Waals surface area contributed by atoms with E-state index in [0.29, 0.717) is 42.3 Å². The van der Waals surface area contributed by atoms with Crippen molar-refractivity contribution in [3.05, 3.63) is 53.1 Å². The van der Waals surface area contributed by atoms with E-state index in [2.05, 4.69) is 5.32 Å². The van der Waals surface area contributed by atoms with Gasteiger partial charge in [0, 0.05) is 42.8 Å². The maximum atomic E-state index is 13.2. The number of ether oxygens (including phenoxy) is 2. The van der Waals surface area contributed by atoms with Gasteiger partial charge in [-0.1, -0.05) is 23.7 Å². The molecule has 0 unspecified atom stereocenters. The topological polar surface area (TPSA) is 122 Å². The van der Waals surface area contributed by atoms with E-state index < -0.39 is 26.0 Å². The molecule has 0 spiro atoms. The molecule has 13 heteroatoms. The van der Waals surface area contributed by atoms with Gasteiger partial charge in [0.2, 0.25) is 26.0 Å². The van der Waals surface area contributed by atoms with E-state index >= 15 is 0 Å². The zero-order valence-electron chi connectivity index (χ0n) is 20.4. The van der Waals surface area contributed by atoms with Crippen LogP contribution < -0.4 is 10.1 Å². The lowest BCUT2D eigenvalue weighted by atomic mass is 9.97. The van der Waals surface area contributed by atoms with Crippen LogP contribution in [0.1, 0.15) is 18.4 Å². The second-order valence-corrected chi connectivity index (χ2v) is 13.2. The third kappa shape index (κ3) is 6.62. The zero-order chi connectivity index (χ0) is 26.6. The fraction of sp³-hybridized carbons (Fsp3) is 0.458. The fourth-order valence-corrected chi connectivity index (χ4v) is 7.80. The number of piperidine rings is 1. The predicted molar refractivity (Wildman–Crippen MR) is 140 cm³/mol. The highest BCUT2D eigenvalue weighted by molar-refractivity contribution is 7.89. The normalized spacial score (nSPS) is 18.4. The molecule has 2 aliphatic rings. The van der Waals surface area contributed by atoms with Gasteiger partial charge >= 0.3 is 0 Å². The van der Waals surface area contributed by atoms with Gasteiger partial charge in [0.15, 0.2) is 0 Å². The van der Waals surface area contributed by atoms with E-state index in [0.717, 1.165) is 0 Å². The fourth-order valence-electron chi connectivity index (χ4n) is 4.45. The number of nitrogens with one attached hydrogen (secondary N) is 1. The Labute approximate surface area is 222 Å². The van der Waals surface area contributed by atoms with Gasteiger partial charge in [-0.15, -0.1) is 0 Å². The van der Waals surface area contributed by atoms with Crippen molar-refractivity contribution in [2.45, 2.75) is 23.5 Å². The minimum atomic E-state index is -3.84. The average molecular weight is 572 g/mol. The molecule has 2 fully saturated rings. The number of anilines is 1. The molecule has 0 aliphatic carbocycles. The number of sulfonamides is 2. The maximum Gasteiger partial charge on any atom is 0.246 e. The summed E-state index contributed by atoms with van der Waals surface area (Å²) < 4.78 is 65.4. The van der Waals surface area contributed by atoms with Crippen molar-refractivity contribution in [3.63, 3.8) is 0 Å². The summed E-state index contributed by atoms with van der Waals surface area (Å²) in [6, 6.07) is 11.2. The van der Waals surface area contributed by atoms with Crippen LogP contribution in [0.2, 0.25) is 5.02 Å². The highest BCUT2D eigenvalue weighted by Gasteiger charge is 2.32. The molecule has 2 aromatic rings. The van der Waals surface area contributed by atoms with Crippen molar-refractivity contribution in [3.8, 4) is 5.75 Å². The lowest BCUT2D eigenvalue weighted by Gasteiger charge is -2.30. The molecule has 4 rings (SSSR count). The summed E-state index contributed by atoms with van der Waals surface area (Å²) in [7, 11) is -6.01. The van der Waals surface area contributed by atoms with E-state index in [-0.39, 0.29) is 48.5 Å². The Hall–Kier alpha value is -2.22. The standard InChI is InChI=1S/C24H30ClN3O7S2/c1-34-22-6-5-21(16-23(22)37(32,33)28-11-13-35-14-12-28)26-24(29)19-7-9-27(10-8-19)36(30,31)17-18-3-2-4-20(25)15-18/h2-6,15-16,19H,7-14,17H2,1H3,(H,26,29). The Morgan fingerprint density at radius 2 is 1.73 bits per heavy atom. The molecule has 2 aliphatic heterocycles. The molecule has 37 heavy (non-hydrogen) atoms. The van der Waals surface area contributed by atoms with E-state index in [9.17, 15) is 21.6 Å². The molecule has 0 aromatic heterocycles. The largest absolute Gasteiger partial charge is 0.495 e. The third-order valence-corrected chi connectivity index (χ3v) is 10.5. The number of methoxy groups -OCH3 is 1. The lowest BCUT2D eigenvalue weighted by molar-refractivity contribution is -0.120. The van der Waals surface area contributed by atoms with Crippen molar-refractivity contribution in [2.75, 3.05) is 51.8 Å². The number of carbonyl (C=O) groups is 1. The van der Waals surface area contributed by atoms with Crippen molar-refractivity contribution in [1.82, 2.24) is 8.61 Å². The molecule has 2 heterocycles. The molecule has 2 aromatic carbocycles. The summed E-state index contributed by atoms with van der Waals surface area (Å²) in [5.74, 6) is -0.662. The van der Waals surface area contributed by atoms with Gasteiger partial charge < -0.3 is 14.8 Å². The molecule has 1 amide bonds. The molecule has 0 bridgehead atoms. The first-order valence-electron chi connectivity index (χ1n) is 11.9. The van der Waals surface area contributed by atoms with Gasteiger partial charge in [0.1, 0.15) is 10.6 Å². The van der Waals surface area contributed by atoms with Gasteiger partial charge in [0.25, 0.3) is 0 Å². The Bertz CT molecular complexity index is 1340. The maximum absolute atomic E-state index is 13.2. The summed E-state index contributed by atoms with van der Waals surface area (Å²) in [6.07, 6.45) is 0.714. The quantitative estimate of drug-likeness (QED) is 0.516. The lowest BCUT2D eigenvalue weighted by Crippen LogP contribution is -2.42. The second kappa shape index (κ2) is 11.7. The number of morpholine rings is 1. The van der Waals surface area contributed by atoms with Crippen LogP contribution in [0.4, 0.5) is 5.69 Å². The van der Waals surface area contributed by atoms with Crippen LogP contribution >= 0.6 is 11.6 Å². The molecule has 202 valence electrons. The van der Waals surface area contributed by atoms with E-state index in [1.807, 2.05) is 0 Å². The average Bonchev–Trinajstić information content (AvgIpc) is 2.89. The highest BCUT2D eigenvalue weighted by Crippen LogP contribution is 2.31. The number of amides is 1. The third-order valence-electron chi connectivity index (χ3n) is 6.48. The number of rotatable bonds is 8. The molecule has 0 radical (unpaired) electrons. The molecular weight excluding hydrogens is 542 g/mol. The van der Waals surface area contributed by atoms with Gasteiger partial charge in [-0.25, -0.2) is 21.1 Å². The predicted octanol–water partition coefficient (Wildman–Crippen LogP) is 2.55. The number of nitrogens with zero attached hydrogens (tertiary/aromatic N) is 2. The molecule has 2 saturated heterocycles. The summed E-state index contributed by atoms with van der Waals surface area (Å²) in [5.41, 5.74) is 0.934. The van der Waals surface area contributed by atoms with Crippen LogP contribution in [0, 0.1) is 5.92 Å². The molecule has 10 nitrogen and oxygen atoms in total. The summed E-state index contributed by atoms with van der Waals surface area (Å²) >= 11 is 5.97. The van der Waals surface area contributed by atoms with Gasteiger partial charge in [-0.2, -0.15) is 4.31 Å². The molecule has 0 saturated carbocycles. The van der Waals surface area contributed by atoms with Crippen molar-refractivity contribution in [1.29, 1.82) is 0 Å². The first kappa shape index (κ1) is 27.8. The number of halogens is 1. The minimum Gasteiger partial charge on any atom is -0.495 e. The zero-order valence-corrected chi connectivity index (χ0v) is 22.8. The second-order valence-electron chi connectivity index (χ2n) is 8.93. The van der Waals surface area contributed by atoms with E-state index in [1.54, 1.807) is 30.3 Å². The smallest absolute Gasteiger partial charge is 0.246 e. The first-order valence-corrected chi connectivity index (χ1v) is 15.3. The van der Waals surface area contributed by atoms with Crippen LogP contribution in [-0.4, -0.2) is 77.9 Å². The Kier molecular flexibility index (Phi) is 8.77. The van der Waals surface area contributed by atoms with E-state index in [4.69, 9.17) is 21.1 Å². The summed E-state index contributed by atoms with van der Waals surface area (Å²) in [6.45, 7) is 1.54. The monoisotopic (exact) mass is 571 g/mol. The number of hydrogen-bond donors (Lipinski definition) is 1. The van der Waals surface area contributed by atoms with E-state index in [1.165, 1.54) is 27.9 Å². The van der Waals surface area contributed by atoms with Gasteiger partial charge in [-0.05, 0) is 48.7 Å². The first-order chi connectivity index (χ1) is 17.6. The van der Waals surface area contributed by atoms with Crippen LogP contribution in [0.25, 0.3) is 0 Å². The highest BCUT2D eigenvalue weighted by atomic mass is 35.5. The Balaban J connectivity index is 1.40. The van der Waals surface area contributed by atoms with Crippen LogP contribution in [0.15, 0.2) is 47.4 Å². The van der Waals surface area contributed by atoms with Crippen molar-refractivity contribution < 1.29 is 31.1 Å². The number of benzene rings is 2. The summed E-state index contributed by atoms with van der Waals surface area (Å²) in [4.78, 5) is 12.9. The van der Waals surface area contributed by atoms with Crippen LogP contribution in [-0.2, 0) is 35.3 Å². The molecule has 0 atom stereocenters. The minimum absolute atomic E-state index is 0.0309. The molecule has 1 N–H and O–H groups in total. The van der Waals surface area contributed by atoms with Crippen LogP contribution in [0.5, 0.6) is 5.75 Å². The Morgan fingerprint density at radius 1 is 1.03 bits per heavy atom.